The van der Waals surface area contributed by atoms with Crippen molar-refractivity contribution >= 4 is 23.9 Å². The topological polar surface area (TPSA) is 134 Å². The maximum absolute atomic E-state index is 14.4. The molecule has 3 unspecified atom stereocenters. The minimum Gasteiger partial charge on any atom is -0.508 e. The van der Waals surface area contributed by atoms with Gasteiger partial charge in [-0.1, -0.05) is 62.4 Å². The fourth-order valence-corrected chi connectivity index (χ4v) is 4.81. The predicted octanol–water partition coefficient (Wildman–Crippen LogP) is 5.68. The second-order valence-electron chi connectivity index (χ2n) is 13.9. The van der Waals surface area contributed by atoms with Gasteiger partial charge in [-0.05, 0) is 79.4 Å². The molecule has 0 aliphatic rings. The molecular weight excluding hydrogens is 574 g/mol. The Kier molecular flexibility index (Phi) is 13.0. The number of ether oxygens (including phenoxy) is 2. The molecule has 0 saturated heterocycles. The number of esters is 1. The van der Waals surface area contributed by atoms with Crippen LogP contribution in [-0.2, 0) is 30.3 Å². The van der Waals surface area contributed by atoms with Crippen LogP contribution in [0.25, 0.3) is 0 Å². The summed E-state index contributed by atoms with van der Waals surface area (Å²) in [7, 11) is 0. The Morgan fingerprint density at radius 2 is 1.33 bits per heavy atom. The minimum atomic E-state index is -1.35. The van der Waals surface area contributed by atoms with Gasteiger partial charge in [-0.2, -0.15) is 0 Å². The van der Waals surface area contributed by atoms with E-state index in [9.17, 15) is 24.3 Å². The molecule has 10 nitrogen and oxygen atoms in total. The number of nitrogens with zero attached hydrogens (tertiary/aromatic N) is 1. The van der Waals surface area contributed by atoms with Gasteiger partial charge in [0.1, 0.15) is 35.1 Å². The van der Waals surface area contributed by atoms with Crippen molar-refractivity contribution in [3.63, 3.8) is 0 Å². The number of alkyl carbamates (subject to hydrolysis) is 1. The molecular formula is C35H51N3O7. The van der Waals surface area contributed by atoms with Crippen LogP contribution >= 0.6 is 0 Å². The van der Waals surface area contributed by atoms with Gasteiger partial charge in [0.25, 0.3) is 0 Å². The summed E-state index contributed by atoms with van der Waals surface area (Å²) in [6.07, 6.45) is -0.354. The number of carbonyl (C=O) groups is 4. The standard InChI is InChI=1S/C35H51N3O7/c1-22(2)20-26(37-33(43)45-35(8,9)10)31(41)38(23(3)4)29(25-18-14-15-19-28(25)39)30(40)36-27(32(42)44-34(5,6)7)21-24-16-12-11-13-17-24/h11-19,22-23,26-27,29,39H,20-21H2,1-10H3,(H,36,40)(H,37,43). The molecule has 3 N–H and O–H groups in total. The fourth-order valence-electron chi connectivity index (χ4n) is 4.81. The lowest BCUT2D eigenvalue weighted by Crippen LogP contribution is -2.57. The average molecular weight is 626 g/mol. The molecule has 0 bridgehead atoms. The first-order valence-corrected chi connectivity index (χ1v) is 15.5. The van der Waals surface area contributed by atoms with Gasteiger partial charge in [0.15, 0.2) is 0 Å². The van der Waals surface area contributed by atoms with E-state index < -0.39 is 59.2 Å². The largest absolute Gasteiger partial charge is 0.508 e. The number of hydrogen-bond acceptors (Lipinski definition) is 7. The fraction of sp³-hybridized carbons (Fsp3) is 0.543. The van der Waals surface area contributed by atoms with Crippen molar-refractivity contribution in [3.05, 3.63) is 65.7 Å². The van der Waals surface area contributed by atoms with Crippen LogP contribution in [0, 0.1) is 5.92 Å². The van der Waals surface area contributed by atoms with E-state index in [0.29, 0.717) is 0 Å². The smallest absolute Gasteiger partial charge is 0.408 e. The maximum atomic E-state index is 14.4. The van der Waals surface area contributed by atoms with Crippen LogP contribution in [0.3, 0.4) is 0 Å². The average Bonchev–Trinajstić information content (AvgIpc) is 2.89. The van der Waals surface area contributed by atoms with Crippen LogP contribution in [0.15, 0.2) is 54.6 Å². The number of carbonyl (C=O) groups excluding carboxylic acids is 4. The number of phenols is 1. The van der Waals surface area contributed by atoms with E-state index in [1.54, 1.807) is 73.6 Å². The molecule has 0 radical (unpaired) electrons. The van der Waals surface area contributed by atoms with Gasteiger partial charge in [-0.15, -0.1) is 0 Å². The summed E-state index contributed by atoms with van der Waals surface area (Å²) < 4.78 is 11.1. The van der Waals surface area contributed by atoms with E-state index in [4.69, 9.17) is 9.47 Å². The third kappa shape index (κ3) is 12.1. The van der Waals surface area contributed by atoms with Gasteiger partial charge in [0, 0.05) is 18.0 Å². The van der Waals surface area contributed by atoms with Crippen molar-refractivity contribution in [1.82, 2.24) is 15.5 Å². The quantitative estimate of drug-likeness (QED) is 0.259. The van der Waals surface area contributed by atoms with Crippen LogP contribution in [0.2, 0.25) is 0 Å². The number of benzene rings is 2. The summed E-state index contributed by atoms with van der Waals surface area (Å²) in [6, 6.07) is 11.4. The molecule has 2 aromatic carbocycles. The van der Waals surface area contributed by atoms with Gasteiger partial charge in [0.05, 0.1) is 0 Å². The molecule has 45 heavy (non-hydrogen) atoms. The second-order valence-corrected chi connectivity index (χ2v) is 13.9. The Bertz CT molecular complexity index is 1300. The Morgan fingerprint density at radius 3 is 1.84 bits per heavy atom. The third-order valence-electron chi connectivity index (χ3n) is 6.56. The molecule has 0 saturated carbocycles. The zero-order valence-corrected chi connectivity index (χ0v) is 28.3. The SMILES string of the molecule is CC(C)CC(NC(=O)OC(C)(C)C)C(=O)N(C(C)C)C(C(=O)NC(Cc1ccccc1)C(=O)OC(C)(C)C)c1ccccc1O. The Balaban J connectivity index is 2.60. The number of phenolic OH excluding ortho intramolecular Hbond substituents is 1. The van der Waals surface area contributed by atoms with Crippen molar-refractivity contribution < 1.29 is 33.8 Å². The number of para-hydroxylation sites is 1. The molecule has 3 atom stereocenters. The van der Waals surface area contributed by atoms with E-state index in [1.807, 2.05) is 44.2 Å². The maximum Gasteiger partial charge on any atom is 0.408 e. The highest BCUT2D eigenvalue weighted by Crippen LogP contribution is 2.32. The third-order valence-corrected chi connectivity index (χ3v) is 6.56. The lowest BCUT2D eigenvalue weighted by atomic mass is 9.96. The number of rotatable bonds is 12. The van der Waals surface area contributed by atoms with Crippen molar-refractivity contribution in [3.8, 4) is 5.75 Å². The normalized spacial score (nSPS) is 13.9. The molecule has 0 aliphatic carbocycles. The number of aromatic hydroxyl groups is 1. The van der Waals surface area contributed by atoms with Gasteiger partial charge in [0.2, 0.25) is 11.8 Å². The number of nitrogens with one attached hydrogen (secondary N) is 2. The first-order chi connectivity index (χ1) is 20.8. The van der Waals surface area contributed by atoms with Crippen molar-refractivity contribution in [1.29, 1.82) is 0 Å². The monoisotopic (exact) mass is 625 g/mol. The summed E-state index contributed by atoms with van der Waals surface area (Å²) >= 11 is 0. The zero-order chi connectivity index (χ0) is 34.1. The highest BCUT2D eigenvalue weighted by molar-refractivity contribution is 5.94. The Hall–Kier alpha value is -4.08. The van der Waals surface area contributed by atoms with Crippen LogP contribution in [0.1, 0.15) is 92.8 Å². The Labute approximate surface area is 267 Å². The minimum absolute atomic E-state index is 0.00252. The molecule has 2 rings (SSSR count). The summed E-state index contributed by atoms with van der Waals surface area (Å²) in [5.41, 5.74) is -0.644. The molecule has 2 aromatic rings. The molecule has 0 heterocycles. The summed E-state index contributed by atoms with van der Waals surface area (Å²) in [5.74, 6) is -2.06. The first-order valence-electron chi connectivity index (χ1n) is 15.5. The summed E-state index contributed by atoms with van der Waals surface area (Å²) in [5, 5.41) is 16.5. The van der Waals surface area contributed by atoms with Crippen LogP contribution in [-0.4, -0.2) is 63.2 Å². The molecule has 3 amide bonds. The molecule has 0 aromatic heterocycles. The van der Waals surface area contributed by atoms with Crippen LogP contribution in [0.5, 0.6) is 5.75 Å². The van der Waals surface area contributed by atoms with Crippen molar-refractivity contribution in [2.45, 2.75) is 117 Å². The summed E-state index contributed by atoms with van der Waals surface area (Å²) in [4.78, 5) is 56.2. The Morgan fingerprint density at radius 1 is 0.778 bits per heavy atom. The molecule has 0 fully saturated rings. The van der Waals surface area contributed by atoms with E-state index in [0.717, 1.165) is 5.56 Å². The van der Waals surface area contributed by atoms with Crippen LogP contribution < -0.4 is 10.6 Å². The molecule has 248 valence electrons. The lowest BCUT2D eigenvalue weighted by Gasteiger charge is -2.38. The number of hydrogen-bond donors (Lipinski definition) is 3. The second kappa shape index (κ2) is 15.8. The number of amides is 3. The molecule has 10 heteroatoms. The van der Waals surface area contributed by atoms with Crippen molar-refractivity contribution in [2.24, 2.45) is 5.92 Å². The molecule has 0 aliphatic heterocycles. The molecule has 0 spiro atoms. The van der Waals surface area contributed by atoms with Gasteiger partial charge < -0.3 is 30.1 Å². The van der Waals surface area contributed by atoms with E-state index >= 15 is 0 Å². The highest BCUT2D eigenvalue weighted by atomic mass is 16.6. The van der Waals surface area contributed by atoms with E-state index in [1.165, 1.54) is 11.0 Å². The summed E-state index contributed by atoms with van der Waals surface area (Å²) in [6.45, 7) is 17.7. The van der Waals surface area contributed by atoms with E-state index in [2.05, 4.69) is 10.6 Å². The highest BCUT2D eigenvalue weighted by Gasteiger charge is 2.40. The predicted molar refractivity (Wildman–Crippen MR) is 173 cm³/mol. The van der Waals surface area contributed by atoms with Crippen LogP contribution in [0.4, 0.5) is 4.79 Å². The van der Waals surface area contributed by atoms with Gasteiger partial charge in [-0.25, -0.2) is 9.59 Å². The van der Waals surface area contributed by atoms with Crippen molar-refractivity contribution in [2.75, 3.05) is 0 Å². The first kappa shape index (κ1) is 37.1. The van der Waals surface area contributed by atoms with E-state index in [-0.39, 0.29) is 30.1 Å². The zero-order valence-electron chi connectivity index (χ0n) is 28.3. The lowest BCUT2D eigenvalue weighted by molar-refractivity contribution is -0.159. The van der Waals surface area contributed by atoms with Gasteiger partial charge >= 0.3 is 12.1 Å². The van der Waals surface area contributed by atoms with Gasteiger partial charge in [-0.3, -0.25) is 9.59 Å².